The van der Waals surface area contributed by atoms with E-state index in [-0.39, 0.29) is 13.2 Å². The monoisotopic (exact) mass is 241 g/mol. The Hall–Kier alpha value is -1.17. The van der Waals surface area contributed by atoms with E-state index in [1.807, 2.05) is 19.1 Å². The van der Waals surface area contributed by atoms with E-state index in [1.165, 1.54) is 0 Å². The fourth-order valence-corrected chi connectivity index (χ4v) is 1.27. The summed E-state index contributed by atoms with van der Waals surface area (Å²) in [5.74, 6) is 0.609. The van der Waals surface area contributed by atoms with Gasteiger partial charge in [0.15, 0.2) is 0 Å². The average molecular weight is 241 g/mol. The Bertz CT molecular complexity index is 381. The van der Waals surface area contributed by atoms with E-state index in [0.717, 1.165) is 5.56 Å². The molecule has 88 valence electrons. The van der Waals surface area contributed by atoms with Gasteiger partial charge in [0.2, 0.25) is 0 Å². The summed E-state index contributed by atoms with van der Waals surface area (Å²) in [5, 5.41) is 17.8. The highest BCUT2D eigenvalue weighted by molar-refractivity contribution is 7.80. The fourth-order valence-electron chi connectivity index (χ4n) is 1.15. The molecule has 4 N–H and O–H groups in total. The predicted molar refractivity (Wildman–Crippen MR) is 65.7 cm³/mol. The fraction of sp³-hybridized carbons (Fsp3) is 0.364. The smallest absolute Gasteiger partial charge is 0.123 e. The van der Waals surface area contributed by atoms with Gasteiger partial charge in [0.25, 0.3) is 0 Å². The molecule has 0 fully saturated rings. The number of nitrogens with two attached hydrogens (primary N) is 1. The highest BCUT2D eigenvalue weighted by Gasteiger charge is 2.07. The molecular formula is C11H15NO3S. The maximum Gasteiger partial charge on any atom is 0.123 e. The molecule has 5 heteroatoms. The van der Waals surface area contributed by atoms with Gasteiger partial charge in [-0.3, -0.25) is 0 Å². The second-order valence-corrected chi connectivity index (χ2v) is 3.93. The molecule has 0 aliphatic rings. The van der Waals surface area contributed by atoms with Gasteiger partial charge in [0.05, 0.1) is 6.61 Å². The maximum absolute atomic E-state index is 9.16. The molecule has 4 nitrogen and oxygen atoms in total. The quantitative estimate of drug-likeness (QED) is 0.649. The number of aliphatic hydroxyl groups excluding tert-OH is 2. The first-order chi connectivity index (χ1) is 7.54. The van der Waals surface area contributed by atoms with Gasteiger partial charge < -0.3 is 20.7 Å². The van der Waals surface area contributed by atoms with Crippen LogP contribution in [0.15, 0.2) is 18.2 Å². The predicted octanol–water partition coefficient (Wildman–Crippen LogP) is 0.361. The van der Waals surface area contributed by atoms with Crippen LogP contribution in [0.1, 0.15) is 11.1 Å². The number of ether oxygens (including phenoxy) is 1. The molecule has 0 aliphatic heterocycles. The van der Waals surface area contributed by atoms with Crippen molar-refractivity contribution in [2.24, 2.45) is 5.73 Å². The van der Waals surface area contributed by atoms with Gasteiger partial charge in [-0.1, -0.05) is 24.4 Å². The van der Waals surface area contributed by atoms with Crippen molar-refractivity contribution >= 4 is 17.2 Å². The van der Waals surface area contributed by atoms with Crippen molar-refractivity contribution in [1.82, 2.24) is 0 Å². The number of benzene rings is 1. The Labute approximate surface area is 99.7 Å². The van der Waals surface area contributed by atoms with E-state index in [1.54, 1.807) is 6.07 Å². The molecule has 0 saturated carbocycles. The van der Waals surface area contributed by atoms with Crippen LogP contribution in [0.5, 0.6) is 5.75 Å². The molecule has 0 bridgehead atoms. The van der Waals surface area contributed by atoms with Crippen LogP contribution in [0.2, 0.25) is 0 Å². The third-order valence-electron chi connectivity index (χ3n) is 2.11. The third kappa shape index (κ3) is 3.44. The van der Waals surface area contributed by atoms with Crippen LogP contribution in [0.4, 0.5) is 0 Å². The van der Waals surface area contributed by atoms with Crippen molar-refractivity contribution in [1.29, 1.82) is 0 Å². The zero-order valence-electron chi connectivity index (χ0n) is 9.01. The molecule has 1 unspecified atom stereocenters. The molecule has 1 atom stereocenters. The Morgan fingerprint density at radius 2 is 2.25 bits per heavy atom. The van der Waals surface area contributed by atoms with Gasteiger partial charge in [-0.2, -0.15) is 0 Å². The molecule has 0 aromatic heterocycles. The summed E-state index contributed by atoms with van der Waals surface area (Å²) in [4.78, 5) is 0.299. The van der Waals surface area contributed by atoms with Gasteiger partial charge in [0, 0.05) is 5.56 Å². The molecule has 0 heterocycles. The SMILES string of the molecule is Cc1ccc(C(N)=S)cc1OCC(O)CO. The summed E-state index contributed by atoms with van der Waals surface area (Å²) in [6, 6.07) is 5.38. The summed E-state index contributed by atoms with van der Waals surface area (Å²) in [6.45, 7) is 1.59. The molecule has 1 aromatic carbocycles. The number of rotatable bonds is 5. The second-order valence-electron chi connectivity index (χ2n) is 3.49. The summed E-state index contributed by atoms with van der Waals surface area (Å²) in [5.41, 5.74) is 7.14. The van der Waals surface area contributed by atoms with E-state index in [2.05, 4.69) is 0 Å². The lowest BCUT2D eigenvalue weighted by Gasteiger charge is -2.12. The molecule has 0 aliphatic carbocycles. The van der Waals surface area contributed by atoms with Crippen molar-refractivity contribution in [3.05, 3.63) is 29.3 Å². The first-order valence-electron chi connectivity index (χ1n) is 4.86. The highest BCUT2D eigenvalue weighted by atomic mass is 32.1. The van der Waals surface area contributed by atoms with Crippen LogP contribution in [-0.4, -0.2) is 34.5 Å². The lowest BCUT2D eigenvalue weighted by atomic mass is 10.1. The van der Waals surface area contributed by atoms with Crippen molar-refractivity contribution in [2.45, 2.75) is 13.0 Å². The molecule has 0 saturated heterocycles. The first-order valence-corrected chi connectivity index (χ1v) is 5.27. The minimum absolute atomic E-state index is 0.0398. The second kappa shape index (κ2) is 5.79. The standard InChI is InChI=1S/C11H15NO3S/c1-7-2-3-8(11(12)16)4-10(7)15-6-9(14)5-13/h2-4,9,13-14H,5-6H2,1H3,(H2,12,16). The van der Waals surface area contributed by atoms with Crippen LogP contribution >= 0.6 is 12.2 Å². The normalized spacial score (nSPS) is 12.2. The number of aryl methyl sites for hydroxylation is 1. The number of hydrogen-bond acceptors (Lipinski definition) is 4. The Balaban J connectivity index is 2.78. The first kappa shape index (κ1) is 12.9. The zero-order chi connectivity index (χ0) is 12.1. The van der Waals surface area contributed by atoms with Crippen molar-refractivity contribution in [2.75, 3.05) is 13.2 Å². The molecular weight excluding hydrogens is 226 g/mol. The molecule has 1 aromatic rings. The largest absolute Gasteiger partial charge is 0.491 e. The van der Waals surface area contributed by atoms with Gasteiger partial charge in [-0.25, -0.2) is 0 Å². The van der Waals surface area contributed by atoms with E-state index in [9.17, 15) is 0 Å². The molecule has 0 radical (unpaired) electrons. The third-order valence-corrected chi connectivity index (χ3v) is 2.35. The van der Waals surface area contributed by atoms with Gasteiger partial charge in [-0.05, 0) is 18.6 Å². The Kier molecular flexibility index (Phi) is 4.67. The van der Waals surface area contributed by atoms with E-state index in [0.29, 0.717) is 16.3 Å². The number of hydrogen-bond donors (Lipinski definition) is 3. The Morgan fingerprint density at radius 1 is 1.56 bits per heavy atom. The summed E-state index contributed by atoms with van der Waals surface area (Å²) < 4.78 is 5.36. The van der Waals surface area contributed by atoms with Crippen molar-refractivity contribution in [3.8, 4) is 5.75 Å². The minimum atomic E-state index is -0.882. The maximum atomic E-state index is 9.16. The summed E-state index contributed by atoms with van der Waals surface area (Å²) in [6.07, 6.45) is -0.882. The number of aliphatic hydroxyl groups is 2. The van der Waals surface area contributed by atoms with Gasteiger partial charge >= 0.3 is 0 Å². The van der Waals surface area contributed by atoms with Crippen LogP contribution in [0.3, 0.4) is 0 Å². The topological polar surface area (TPSA) is 75.7 Å². The van der Waals surface area contributed by atoms with Crippen LogP contribution in [-0.2, 0) is 0 Å². The van der Waals surface area contributed by atoms with Crippen LogP contribution in [0, 0.1) is 6.92 Å². The molecule has 16 heavy (non-hydrogen) atoms. The molecule has 0 spiro atoms. The average Bonchev–Trinajstić information content (AvgIpc) is 2.27. The van der Waals surface area contributed by atoms with E-state index < -0.39 is 6.10 Å². The van der Waals surface area contributed by atoms with Crippen LogP contribution in [0.25, 0.3) is 0 Å². The van der Waals surface area contributed by atoms with Crippen molar-refractivity contribution < 1.29 is 14.9 Å². The number of thiocarbonyl (C=S) groups is 1. The minimum Gasteiger partial charge on any atom is -0.491 e. The van der Waals surface area contributed by atoms with E-state index in [4.69, 9.17) is 32.9 Å². The molecule has 0 amide bonds. The lowest BCUT2D eigenvalue weighted by molar-refractivity contribution is 0.0534. The lowest BCUT2D eigenvalue weighted by Crippen LogP contribution is -2.21. The van der Waals surface area contributed by atoms with Gasteiger partial charge in [0.1, 0.15) is 23.4 Å². The molecule has 1 rings (SSSR count). The summed E-state index contributed by atoms with van der Waals surface area (Å²) in [7, 11) is 0. The van der Waals surface area contributed by atoms with Crippen LogP contribution < -0.4 is 10.5 Å². The van der Waals surface area contributed by atoms with E-state index >= 15 is 0 Å². The Morgan fingerprint density at radius 3 is 2.81 bits per heavy atom. The van der Waals surface area contributed by atoms with Gasteiger partial charge in [-0.15, -0.1) is 0 Å². The highest BCUT2D eigenvalue weighted by Crippen LogP contribution is 2.19. The summed E-state index contributed by atoms with van der Waals surface area (Å²) >= 11 is 4.86. The van der Waals surface area contributed by atoms with Crippen molar-refractivity contribution in [3.63, 3.8) is 0 Å². The zero-order valence-corrected chi connectivity index (χ0v) is 9.83.